The second-order valence-electron chi connectivity index (χ2n) is 2.11. The van der Waals surface area contributed by atoms with Crippen LogP contribution in [0.1, 0.15) is 0 Å². The number of rotatable bonds is 0. The molecule has 0 unspecified atom stereocenters. The van der Waals surface area contributed by atoms with Gasteiger partial charge in [0.2, 0.25) is 0 Å². The number of hydrogen-bond acceptors (Lipinski definition) is 1. The summed E-state index contributed by atoms with van der Waals surface area (Å²) in [7, 11) is 0. The lowest BCUT2D eigenvalue weighted by atomic mass is 10.3. The van der Waals surface area contributed by atoms with Crippen molar-refractivity contribution in [3.8, 4) is 0 Å². The molecule has 0 spiro atoms. The van der Waals surface area contributed by atoms with E-state index in [0.29, 0.717) is 5.39 Å². The molecule has 4 heteroatoms. The molecule has 0 atom stereocenters. The van der Waals surface area contributed by atoms with Gasteiger partial charge in [-0.25, -0.2) is 0 Å². The Morgan fingerprint density at radius 2 is 1.73 bits per heavy atom. The first-order valence-electron chi connectivity index (χ1n) is 3.03. The van der Waals surface area contributed by atoms with E-state index >= 15 is 0 Å². The lowest BCUT2D eigenvalue weighted by molar-refractivity contribution is 0.824. The fourth-order valence-electron chi connectivity index (χ4n) is 0.985. The zero-order valence-electron chi connectivity index (χ0n) is 5.72. The van der Waals surface area contributed by atoms with Gasteiger partial charge in [0, 0.05) is 18.5 Å². The number of fused-ring (bicyclic) bond motifs is 1. The average Bonchev–Trinajstić information content (AvgIpc) is 2.36. The molecule has 0 saturated heterocycles. The standard InChI is InChI=1S/C7H6N2O.H2O/c10-6-2-4-9-7-5(6)1-3-8-7;/h1-4H,(H2,8,9,10);1H2. The number of nitrogens with one attached hydrogen (secondary N) is 2. The highest BCUT2D eigenvalue weighted by Crippen LogP contribution is 2.00. The van der Waals surface area contributed by atoms with E-state index in [-0.39, 0.29) is 10.9 Å². The molecule has 0 fully saturated rings. The second kappa shape index (κ2) is 2.59. The highest BCUT2D eigenvalue weighted by Gasteiger charge is 1.94. The molecule has 0 bridgehead atoms. The molecule has 0 aliphatic heterocycles. The summed E-state index contributed by atoms with van der Waals surface area (Å²) >= 11 is 0. The van der Waals surface area contributed by atoms with Crippen molar-refractivity contribution in [2.75, 3.05) is 0 Å². The van der Waals surface area contributed by atoms with E-state index in [1.165, 1.54) is 6.07 Å². The summed E-state index contributed by atoms with van der Waals surface area (Å²) < 4.78 is 0. The van der Waals surface area contributed by atoms with Crippen molar-refractivity contribution in [3.63, 3.8) is 0 Å². The maximum absolute atomic E-state index is 11.0. The number of aromatic nitrogens is 2. The van der Waals surface area contributed by atoms with Crippen molar-refractivity contribution in [2.24, 2.45) is 0 Å². The van der Waals surface area contributed by atoms with Crippen LogP contribution in [0, 0.1) is 0 Å². The first-order chi connectivity index (χ1) is 4.88. The molecule has 2 aromatic heterocycles. The third kappa shape index (κ3) is 1.03. The summed E-state index contributed by atoms with van der Waals surface area (Å²) in [6, 6.07) is 3.27. The van der Waals surface area contributed by atoms with Crippen LogP contribution in [0.15, 0.2) is 29.3 Å². The fraction of sp³-hybridized carbons (Fsp3) is 0. The third-order valence-corrected chi connectivity index (χ3v) is 1.47. The largest absolute Gasteiger partial charge is 0.412 e. The van der Waals surface area contributed by atoms with E-state index < -0.39 is 0 Å². The van der Waals surface area contributed by atoms with E-state index in [2.05, 4.69) is 9.97 Å². The van der Waals surface area contributed by atoms with Crippen LogP contribution in [0.5, 0.6) is 0 Å². The summed E-state index contributed by atoms with van der Waals surface area (Å²) in [5, 5.41) is 0.711. The molecule has 0 aromatic carbocycles. The van der Waals surface area contributed by atoms with Crippen LogP contribution in [-0.2, 0) is 0 Å². The van der Waals surface area contributed by atoms with Crippen LogP contribution in [0.2, 0.25) is 0 Å². The summed E-state index contributed by atoms with van der Waals surface area (Å²) in [5.74, 6) is 0. The minimum absolute atomic E-state index is 0. The van der Waals surface area contributed by atoms with Crippen molar-refractivity contribution in [1.29, 1.82) is 0 Å². The Hall–Kier alpha value is -1.55. The normalized spacial score (nSPS) is 9.45. The van der Waals surface area contributed by atoms with Crippen LogP contribution < -0.4 is 5.43 Å². The molecule has 0 amide bonds. The Morgan fingerprint density at radius 3 is 2.36 bits per heavy atom. The van der Waals surface area contributed by atoms with Crippen LogP contribution in [0.25, 0.3) is 11.0 Å². The molecule has 4 nitrogen and oxygen atoms in total. The fourth-order valence-corrected chi connectivity index (χ4v) is 0.985. The monoisotopic (exact) mass is 152 g/mol. The molecule has 2 heterocycles. The van der Waals surface area contributed by atoms with Gasteiger partial charge in [-0.15, -0.1) is 0 Å². The SMILES string of the molecule is O.O=c1cc[nH]c2[nH]ccc12. The smallest absolute Gasteiger partial charge is 0.190 e. The van der Waals surface area contributed by atoms with Crippen LogP contribution in [0.3, 0.4) is 0 Å². The lowest BCUT2D eigenvalue weighted by Gasteiger charge is -1.84. The number of H-pyrrole nitrogens is 2. The van der Waals surface area contributed by atoms with Crippen molar-refractivity contribution in [1.82, 2.24) is 9.97 Å². The van der Waals surface area contributed by atoms with Gasteiger partial charge < -0.3 is 15.4 Å². The molecule has 11 heavy (non-hydrogen) atoms. The summed E-state index contributed by atoms with van der Waals surface area (Å²) in [6.07, 6.45) is 3.36. The van der Waals surface area contributed by atoms with E-state index in [0.717, 1.165) is 5.65 Å². The number of pyridine rings is 1. The summed E-state index contributed by atoms with van der Waals surface area (Å²) in [6.45, 7) is 0. The first kappa shape index (κ1) is 7.56. The van der Waals surface area contributed by atoms with Gasteiger partial charge in [0.15, 0.2) is 5.43 Å². The molecule has 0 aliphatic rings. The van der Waals surface area contributed by atoms with Crippen molar-refractivity contribution >= 4 is 11.0 Å². The zero-order chi connectivity index (χ0) is 6.97. The van der Waals surface area contributed by atoms with Crippen LogP contribution >= 0.6 is 0 Å². The highest BCUT2D eigenvalue weighted by atomic mass is 16.1. The molecule has 4 N–H and O–H groups in total. The zero-order valence-corrected chi connectivity index (χ0v) is 5.72. The second-order valence-corrected chi connectivity index (χ2v) is 2.11. The van der Waals surface area contributed by atoms with Gasteiger partial charge in [-0.2, -0.15) is 0 Å². The van der Waals surface area contributed by atoms with Crippen LogP contribution in [0.4, 0.5) is 0 Å². The topological polar surface area (TPSA) is 80.2 Å². The highest BCUT2D eigenvalue weighted by molar-refractivity contribution is 5.74. The minimum atomic E-state index is 0. The molecule has 2 aromatic rings. The maximum Gasteiger partial charge on any atom is 0.190 e. The predicted octanol–water partition coefficient (Wildman–Crippen LogP) is 0.0315. The third-order valence-electron chi connectivity index (χ3n) is 1.47. The molecule has 58 valence electrons. The van der Waals surface area contributed by atoms with Crippen molar-refractivity contribution in [2.45, 2.75) is 0 Å². The first-order valence-corrected chi connectivity index (χ1v) is 3.03. The van der Waals surface area contributed by atoms with Gasteiger partial charge in [-0.05, 0) is 6.07 Å². The number of hydrogen-bond donors (Lipinski definition) is 2. The molecule has 2 rings (SSSR count). The Kier molecular flexibility index (Phi) is 1.78. The Bertz CT molecular complexity index is 402. The summed E-state index contributed by atoms with van der Waals surface area (Å²) in [5.41, 5.74) is 0.836. The van der Waals surface area contributed by atoms with Gasteiger partial charge in [-0.1, -0.05) is 0 Å². The van der Waals surface area contributed by atoms with Gasteiger partial charge in [0.05, 0.1) is 5.39 Å². The van der Waals surface area contributed by atoms with Gasteiger partial charge in [0.1, 0.15) is 5.65 Å². The van der Waals surface area contributed by atoms with E-state index in [4.69, 9.17) is 0 Å². The Balaban J connectivity index is 0.000000605. The lowest BCUT2D eigenvalue weighted by Crippen LogP contribution is -1.97. The van der Waals surface area contributed by atoms with E-state index in [1.807, 2.05) is 0 Å². The molecular weight excluding hydrogens is 144 g/mol. The molecule has 0 saturated carbocycles. The average molecular weight is 152 g/mol. The molecule has 0 aliphatic carbocycles. The van der Waals surface area contributed by atoms with Gasteiger partial charge in [-0.3, -0.25) is 4.79 Å². The van der Waals surface area contributed by atoms with Crippen molar-refractivity contribution in [3.05, 3.63) is 34.7 Å². The Morgan fingerprint density at radius 1 is 1.09 bits per heavy atom. The molecular formula is C7H8N2O2. The number of aromatic amines is 2. The van der Waals surface area contributed by atoms with Gasteiger partial charge in [0.25, 0.3) is 0 Å². The summed E-state index contributed by atoms with van der Waals surface area (Å²) in [4.78, 5) is 16.8. The van der Waals surface area contributed by atoms with E-state index in [9.17, 15) is 4.79 Å². The predicted molar refractivity (Wildman–Crippen MR) is 42.5 cm³/mol. The van der Waals surface area contributed by atoms with E-state index in [1.54, 1.807) is 18.5 Å². The Labute approximate surface area is 62.2 Å². The van der Waals surface area contributed by atoms with Crippen LogP contribution in [-0.4, -0.2) is 15.4 Å². The van der Waals surface area contributed by atoms with Crippen molar-refractivity contribution < 1.29 is 5.48 Å². The maximum atomic E-state index is 11.0. The van der Waals surface area contributed by atoms with Gasteiger partial charge >= 0.3 is 0 Å². The quantitative estimate of drug-likeness (QED) is 0.548. The molecule has 0 radical (unpaired) electrons. The minimum Gasteiger partial charge on any atom is -0.412 e.